The van der Waals surface area contributed by atoms with Gasteiger partial charge in [0.2, 0.25) is 0 Å². The van der Waals surface area contributed by atoms with Crippen LogP contribution in [-0.4, -0.2) is 5.11 Å². The Balaban J connectivity index is 2.36. The maximum atomic E-state index is 10.1. The normalized spacial score (nSPS) is 12.7. The molecule has 2 aromatic rings. The summed E-state index contributed by atoms with van der Waals surface area (Å²) in [6.45, 7) is 1.85. The van der Waals surface area contributed by atoms with E-state index in [0.717, 1.165) is 16.9 Å². The molecule has 0 radical (unpaired) electrons. The summed E-state index contributed by atoms with van der Waals surface area (Å²) in [7, 11) is 0. The van der Waals surface area contributed by atoms with Gasteiger partial charge >= 0.3 is 0 Å². The molecule has 1 N–H and O–H groups in total. The van der Waals surface area contributed by atoms with E-state index in [-0.39, 0.29) is 0 Å². The summed E-state index contributed by atoms with van der Waals surface area (Å²) in [5.74, 6) is 0.784. The molecule has 1 atom stereocenters. The van der Waals surface area contributed by atoms with Crippen molar-refractivity contribution in [2.24, 2.45) is 0 Å². The third-order valence-corrected chi connectivity index (χ3v) is 2.87. The second-order valence-electron chi connectivity index (χ2n) is 3.40. The molecule has 0 bridgehead atoms. The number of aliphatic hydroxyl groups excluding tert-OH is 1. The summed E-state index contributed by atoms with van der Waals surface area (Å²) in [5, 5.41) is 10.1. The van der Waals surface area contributed by atoms with E-state index in [1.165, 1.54) is 0 Å². The van der Waals surface area contributed by atoms with Crippen molar-refractivity contribution < 1.29 is 9.52 Å². The van der Waals surface area contributed by atoms with Crippen LogP contribution < -0.4 is 0 Å². The lowest BCUT2D eigenvalue weighted by molar-refractivity contribution is 0.218. The van der Waals surface area contributed by atoms with Crippen molar-refractivity contribution in [3.8, 4) is 0 Å². The lowest BCUT2D eigenvalue weighted by Crippen LogP contribution is -1.98. The van der Waals surface area contributed by atoms with Crippen LogP contribution in [0.3, 0.4) is 0 Å². The predicted octanol–water partition coefficient (Wildman–Crippen LogP) is 3.43. The van der Waals surface area contributed by atoms with Gasteiger partial charge in [0.15, 0.2) is 4.67 Å². The Morgan fingerprint density at radius 1 is 1.27 bits per heavy atom. The van der Waals surface area contributed by atoms with Crippen LogP contribution in [0.2, 0.25) is 0 Å². The zero-order valence-corrected chi connectivity index (χ0v) is 9.86. The molecule has 0 fully saturated rings. The molecule has 0 saturated carbocycles. The lowest BCUT2D eigenvalue weighted by atomic mass is 10.0. The van der Waals surface area contributed by atoms with Crippen LogP contribution in [0.5, 0.6) is 0 Å². The Labute approximate surface area is 96.7 Å². The average molecular weight is 267 g/mol. The molecule has 1 aromatic heterocycles. The number of rotatable bonds is 2. The van der Waals surface area contributed by atoms with Gasteiger partial charge in [-0.1, -0.05) is 30.3 Å². The third kappa shape index (κ3) is 2.13. The van der Waals surface area contributed by atoms with Crippen LogP contribution >= 0.6 is 15.9 Å². The highest BCUT2D eigenvalue weighted by Crippen LogP contribution is 2.30. The second kappa shape index (κ2) is 4.21. The van der Waals surface area contributed by atoms with Gasteiger partial charge in [-0.3, -0.25) is 0 Å². The Bertz CT molecular complexity index is 448. The topological polar surface area (TPSA) is 33.4 Å². The summed E-state index contributed by atoms with van der Waals surface area (Å²) >= 11 is 3.29. The number of benzene rings is 1. The van der Waals surface area contributed by atoms with E-state index in [0.29, 0.717) is 4.67 Å². The van der Waals surface area contributed by atoms with Crippen LogP contribution in [0.15, 0.2) is 45.5 Å². The van der Waals surface area contributed by atoms with Crippen LogP contribution in [0.1, 0.15) is 23.0 Å². The number of halogens is 1. The highest BCUT2D eigenvalue weighted by atomic mass is 79.9. The Kier molecular flexibility index (Phi) is 2.93. The van der Waals surface area contributed by atoms with E-state index in [1.54, 1.807) is 0 Å². The van der Waals surface area contributed by atoms with E-state index in [4.69, 9.17) is 4.42 Å². The zero-order valence-electron chi connectivity index (χ0n) is 8.27. The molecule has 1 unspecified atom stereocenters. The van der Waals surface area contributed by atoms with Crippen LogP contribution in [0.4, 0.5) is 0 Å². The molecule has 2 nitrogen and oxygen atoms in total. The summed E-state index contributed by atoms with van der Waals surface area (Å²) in [4.78, 5) is 0. The molecule has 1 aromatic carbocycles. The number of hydrogen-bond acceptors (Lipinski definition) is 2. The van der Waals surface area contributed by atoms with Gasteiger partial charge in [-0.15, -0.1) is 0 Å². The summed E-state index contributed by atoms with van der Waals surface area (Å²) in [6, 6.07) is 11.3. The van der Waals surface area contributed by atoms with Gasteiger partial charge in [-0.05, 0) is 34.5 Å². The first-order chi connectivity index (χ1) is 7.18. The fourth-order valence-electron chi connectivity index (χ4n) is 1.51. The highest BCUT2D eigenvalue weighted by Gasteiger charge is 2.16. The Morgan fingerprint density at radius 3 is 2.47 bits per heavy atom. The maximum Gasteiger partial charge on any atom is 0.175 e. The van der Waals surface area contributed by atoms with Crippen molar-refractivity contribution >= 4 is 15.9 Å². The molecule has 0 aliphatic rings. The maximum absolute atomic E-state index is 10.1. The van der Waals surface area contributed by atoms with Crippen molar-refractivity contribution in [3.63, 3.8) is 0 Å². The molecular weight excluding hydrogens is 256 g/mol. The molecule has 0 spiro atoms. The molecule has 0 amide bonds. The van der Waals surface area contributed by atoms with E-state index in [2.05, 4.69) is 15.9 Å². The number of furan rings is 1. The molecular formula is C12H11BrO2. The summed E-state index contributed by atoms with van der Waals surface area (Å²) in [5.41, 5.74) is 1.62. The molecule has 0 aliphatic carbocycles. The minimum Gasteiger partial charge on any atom is -0.454 e. The SMILES string of the molecule is Cc1cc(C(O)c2ccccc2)c(Br)o1. The molecule has 15 heavy (non-hydrogen) atoms. The van der Waals surface area contributed by atoms with Crippen molar-refractivity contribution in [3.05, 3.63) is 58.0 Å². The molecule has 0 aliphatic heterocycles. The predicted molar refractivity (Wildman–Crippen MR) is 61.6 cm³/mol. The largest absolute Gasteiger partial charge is 0.454 e. The monoisotopic (exact) mass is 266 g/mol. The van der Waals surface area contributed by atoms with Crippen molar-refractivity contribution in [1.29, 1.82) is 0 Å². The minimum atomic E-state index is -0.641. The molecule has 78 valence electrons. The Hall–Kier alpha value is -1.06. The first-order valence-electron chi connectivity index (χ1n) is 4.67. The standard InChI is InChI=1S/C12H11BrO2/c1-8-7-10(12(13)15-8)11(14)9-5-3-2-4-6-9/h2-7,11,14H,1H3. The fraction of sp³-hybridized carbons (Fsp3) is 0.167. The van der Waals surface area contributed by atoms with Crippen molar-refractivity contribution in [1.82, 2.24) is 0 Å². The molecule has 3 heteroatoms. The number of aryl methyl sites for hydroxylation is 1. The van der Waals surface area contributed by atoms with Gasteiger partial charge in [-0.25, -0.2) is 0 Å². The van der Waals surface area contributed by atoms with E-state index in [1.807, 2.05) is 43.3 Å². The second-order valence-corrected chi connectivity index (χ2v) is 4.12. The van der Waals surface area contributed by atoms with Crippen LogP contribution in [0, 0.1) is 6.92 Å². The van der Waals surface area contributed by atoms with Gasteiger partial charge in [0.05, 0.1) is 0 Å². The van der Waals surface area contributed by atoms with E-state index >= 15 is 0 Å². The van der Waals surface area contributed by atoms with Crippen molar-refractivity contribution in [2.45, 2.75) is 13.0 Å². The van der Waals surface area contributed by atoms with Gasteiger partial charge in [0.1, 0.15) is 11.9 Å². The third-order valence-electron chi connectivity index (χ3n) is 2.25. The van der Waals surface area contributed by atoms with E-state index < -0.39 is 6.10 Å². The van der Waals surface area contributed by atoms with Gasteiger partial charge in [-0.2, -0.15) is 0 Å². The summed E-state index contributed by atoms with van der Waals surface area (Å²) < 4.78 is 5.91. The summed E-state index contributed by atoms with van der Waals surface area (Å²) in [6.07, 6.45) is -0.641. The first-order valence-corrected chi connectivity index (χ1v) is 5.46. The quantitative estimate of drug-likeness (QED) is 0.904. The zero-order chi connectivity index (χ0) is 10.8. The highest BCUT2D eigenvalue weighted by molar-refractivity contribution is 9.10. The van der Waals surface area contributed by atoms with Crippen molar-refractivity contribution in [2.75, 3.05) is 0 Å². The Morgan fingerprint density at radius 2 is 1.93 bits per heavy atom. The lowest BCUT2D eigenvalue weighted by Gasteiger charge is -2.08. The van der Waals surface area contributed by atoms with Gasteiger partial charge < -0.3 is 9.52 Å². The van der Waals surface area contributed by atoms with Gasteiger partial charge in [0.25, 0.3) is 0 Å². The van der Waals surface area contributed by atoms with Crippen LogP contribution in [-0.2, 0) is 0 Å². The van der Waals surface area contributed by atoms with E-state index in [9.17, 15) is 5.11 Å². The smallest absolute Gasteiger partial charge is 0.175 e. The van der Waals surface area contributed by atoms with Crippen LogP contribution in [0.25, 0.3) is 0 Å². The number of hydrogen-bond donors (Lipinski definition) is 1. The average Bonchev–Trinajstić information content (AvgIpc) is 2.58. The first kappa shape index (κ1) is 10.5. The van der Waals surface area contributed by atoms with Gasteiger partial charge in [0, 0.05) is 5.56 Å². The number of aliphatic hydroxyl groups is 1. The molecule has 1 heterocycles. The molecule has 2 rings (SSSR count). The molecule has 0 saturated heterocycles. The minimum absolute atomic E-state index is 0.594. The fourth-order valence-corrected chi connectivity index (χ4v) is 2.09.